The first-order chi connectivity index (χ1) is 13.7. The molecule has 0 bridgehead atoms. The minimum atomic E-state index is -2.61. The highest BCUT2D eigenvalue weighted by molar-refractivity contribution is 5.53. The second-order valence-corrected chi connectivity index (χ2v) is 7.08. The van der Waals surface area contributed by atoms with Crippen LogP contribution in [0.4, 0.5) is 0 Å². The van der Waals surface area contributed by atoms with Crippen LogP contribution in [0, 0.1) is 5.92 Å². The standard InChI is InChI=1S/C21H30O2/c1-5-6-7-8-15-12-18(22)20-16-11-14(2)9-10-17(16)21(3,4)23-19(20)13-15/h11-13,16-17,22H,5-10H2,1-4H3/t16-,17-/m1/s1/i2D3,9D2,12D,13D. The van der Waals surface area contributed by atoms with Crippen LogP contribution in [0.1, 0.15) is 86.3 Å². The van der Waals surface area contributed by atoms with Crippen LogP contribution in [0.2, 0.25) is 0 Å². The highest BCUT2D eigenvalue weighted by atomic mass is 16.5. The smallest absolute Gasteiger partial charge is 0.127 e. The van der Waals surface area contributed by atoms with Crippen LogP contribution in [0.5, 0.6) is 11.5 Å². The van der Waals surface area contributed by atoms with E-state index in [2.05, 4.69) is 6.92 Å². The van der Waals surface area contributed by atoms with Crippen molar-refractivity contribution >= 4 is 0 Å². The molecule has 0 unspecified atom stereocenters. The van der Waals surface area contributed by atoms with Crippen LogP contribution in [0.25, 0.3) is 0 Å². The van der Waals surface area contributed by atoms with Gasteiger partial charge in [0.25, 0.3) is 0 Å². The summed E-state index contributed by atoms with van der Waals surface area (Å²) < 4.78 is 63.3. The van der Waals surface area contributed by atoms with Crippen molar-refractivity contribution in [3.63, 3.8) is 0 Å². The van der Waals surface area contributed by atoms with Crippen LogP contribution >= 0.6 is 0 Å². The molecule has 0 aromatic heterocycles. The Kier molecular flexibility index (Phi) is 2.64. The highest BCUT2D eigenvalue weighted by Gasteiger charge is 2.45. The molecule has 1 aromatic rings. The lowest BCUT2D eigenvalue weighted by molar-refractivity contribution is 0.0107. The van der Waals surface area contributed by atoms with Crippen LogP contribution in [0.3, 0.4) is 0 Å². The Morgan fingerprint density at radius 2 is 2.26 bits per heavy atom. The van der Waals surface area contributed by atoms with Gasteiger partial charge in [-0.2, -0.15) is 0 Å². The van der Waals surface area contributed by atoms with E-state index in [1.807, 2.05) is 0 Å². The minimum absolute atomic E-state index is 0.0628. The zero-order valence-corrected chi connectivity index (χ0v) is 14.1. The lowest BCUT2D eigenvalue weighted by Gasteiger charge is -2.46. The van der Waals surface area contributed by atoms with Crippen molar-refractivity contribution in [2.75, 3.05) is 0 Å². The number of rotatable bonds is 4. The molecule has 0 saturated carbocycles. The average molecular weight is 322 g/mol. The number of fused-ring (bicyclic) bond motifs is 3. The van der Waals surface area contributed by atoms with E-state index >= 15 is 0 Å². The summed E-state index contributed by atoms with van der Waals surface area (Å²) in [4.78, 5) is 0. The molecule has 1 N–H and O–H groups in total. The van der Waals surface area contributed by atoms with E-state index in [0.29, 0.717) is 12.0 Å². The average Bonchev–Trinajstić information content (AvgIpc) is 2.61. The SMILES string of the molecule is [2H]c1c(O)c2c(c([2H])c1CCCCC)OC(C)(C)[C@@H]1CC([2H])([2H])C(C([2H])([2H])[2H])=C[C@@H]21. The van der Waals surface area contributed by atoms with Gasteiger partial charge in [-0.05, 0) is 64.0 Å². The number of benzene rings is 1. The summed E-state index contributed by atoms with van der Waals surface area (Å²) in [6.07, 6.45) is 2.51. The van der Waals surface area contributed by atoms with Gasteiger partial charge in [-0.15, -0.1) is 0 Å². The summed E-state index contributed by atoms with van der Waals surface area (Å²) in [6.45, 7) is 3.07. The molecule has 126 valence electrons. The third-order valence-corrected chi connectivity index (χ3v) is 4.95. The molecule has 1 aliphatic carbocycles. The first kappa shape index (κ1) is 9.76. The van der Waals surface area contributed by atoms with Gasteiger partial charge < -0.3 is 9.84 Å². The molecule has 1 aliphatic heterocycles. The number of unbranched alkanes of at least 4 members (excludes halogenated alkanes) is 2. The third kappa shape index (κ3) is 3.13. The van der Waals surface area contributed by atoms with Crippen LogP contribution in [-0.2, 0) is 6.42 Å². The van der Waals surface area contributed by atoms with E-state index in [0.717, 1.165) is 19.3 Å². The monoisotopic (exact) mass is 321 g/mol. The molecule has 0 radical (unpaired) electrons. The van der Waals surface area contributed by atoms with Gasteiger partial charge in [0.1, 0.15) is 17.1 Å². The van der Waals surface area contributed by atoms with E-state index < -0.39 is 30.7 Å². The summed E-state index contributed by atoms with van der Waals surface area (Å²) in [7, 11) is 0. The van der Waals surface area contributed by atoms with Crippen molar-refractivity contribution in [3.05, 3.63) is 34.9 Å². The number of hydrogen-bond acceptors (Lipinski definition) is 2. The first-order valence-corrected chi connectivity index (χ1v) is 8.49. The topological polar surface area (TPSA) is 29.5 Å². The lowest BCUT2D eigenvalue weighted by Crippen LogP contribution is -2.45. The molecule has 0 amide bonds. The van der Waals surface area contributed by atoms with Gasteiger partial charge >= 0.3 is 0 Å². The van der Waals surface area contributed by atoms with Gasteiger partial charge in [0, 0.05) is 24.3 Å². The Morgan fingerprint density at radius 3 is 3.00 bits per heavy atom. The predicted molar refractivity (Wildman–Crippen MR) is 95.3 cm³/mol. The van der Waals surface area contributed by atoms with Gasteiger partial charge in [-0.25, -0.2) is 0 Å². The molecule has 0 spiro atoms. The molecule has 2 atom stereocenters. The van der Waals surface area contributed by atoms with E-state index in [-0.39, 0.29) is 41.1 Å². The lowest BCUT2D eigenvalue weighted by atomic mass is 9.68. The zero-order valence-electron chi connectivity index (χ0n) is 21.1. The van der Waals surface area contributed by atoms with E-state index in [1.54, 1.807) is 13.8 Å². The second kappa shape index (κ2) is 6.22. The van der Waals surface area contributed by atoms with Crippen LogP contribution in [0.15, 0.2) is 23.7 Å². The molecular weight excluding hydrogens is 284 g/mol. The Labute approximate surface area is 150 Å². The number of hydrogen-bond donors (Lipinski definition) is 1. The Balaban J connectivity index is 2.23. The maximum Gasteiger partial charge on any atom is 0.127 e. The summed E-state index contributed by atoms with van der Waals surface area (Å²) >= 11 is 0. The summed E-state index contributed by atoms with van der Waals surface area (Å²) in [5.41, 5.74) is -0.482. The van der Waals surface area contributed by atoms with Gasteiger partial charge in [0.2, 0.25) is 0 Å². The minimum Gasteiger partial charge on any atom is -0.507 e. The molecule has 2 aliphatic rings. The normalized spacial score (nSPS) is 32.3. The number of ether oxygens (including phenoxy) is 1. The van der Waals surface area contributed by atoms with E-state index in [1.165, 1.54) is 6.08 Å². The van der Waals surface area contributed by atoms with E-state index in [4.69, 9.17) is 14.3 Å². The molecule has 23 heavy (non-hydrogen) atoms. The molecule has 0 saturated heterocycles. The van der Waals surface area contributed by atoms with Crippen molar-refractivity contribution in [1.29, 1.82) is 0 Å². The van der Waals surface area contributed by atoms with Crippen molar-refractivity contribution in [2.45, 2.75) is 77.6 Å². The quantitative estimate of drug-likeness (QED) is 0.566. The predicted octanol–water partition coefficient (Wildman–Crippen LogP) is 5.74. The number of phenols is 1. The fraction of sp³-hybridized carbons (Fsp3) is 0.619. The molecule has 2 nitrogen and oxygen atoms in total. The molecule has 1 aromatic carbocycles. The highest BCUT2D eigenvalue weighted by Crippen LogP contribution is 2.53. The maximum atomic E-state index is 10.9. The zero-order chi connectivity index (χ0) is 22.6. The van der Waals surface area contributed by atoms with Crippen molar-refractivity contribution in [3.8, 4) is 11.5 Å². The van der Waals surface area contributed by atoms with Crippen molar-refractivity contribution in [1.82, 2.24) is 0 Å². The largest absolute Gasteiger partial charge is 0.507 e. The van der Waals surface area contributed by atoms with Gasteiger partial charge in [0.05, 0.1) is 2.74 Å². The Hall–Kier alpha value is -1.44. The van der Waals surface area contributed by atoms with Crippen molar-refractivity contribution < 1.29 is 19.4 Å². The van der Waals surface area contributed by atoms with E-state index in [9.17, 15) is 5.11 Å². The third-order valence-electron chi connectivity index (χ3n) is 4.95. The fourth-order valence-electron chi connectivity index (χ4n) is 3.62. The Bertz CT molecular complexity index is 871. The van der Waals surface area contributed by atoms with Crippen LogP contribution < -0.4 is 4.74 Å². The molecular formula is C21H30O2. The van der Waals surface area contributed by atoms with Gasteiger partial charge in [0.15, 0.2) is 0 Å². The molecule has 0 fully saturated rings. The van der Waals surface area contributed by atoms with Gasteiger partial charge in [-0.1, -0.05) is 31.4 Å². The number of phenolic OH excluding ortho intramolecular Hbond substituents is 1. The molecule has 2 heteroatoms. The molecule has 3 rings (SSSR count). The van der Waals surface area contributed by atoms with Gasteiger partial charge in [-0.3, -0.25) is 0 Å². The number of aromatic hydroxyl groups is 1. The second-order valence-electron chi connectivity index (χ2n) is 7.08. The summed E-state index contributed by atoms with van der Waals surface area (Å²) in [6, 6.07) is -0.0535. The fourth-order valence-corrected chi connectivity index (χ4v) is 3.62. The number of allylic oxidation sites excluding steroid dienone is 2. The van der Waals surface area contributed by atoms with Crippen molar-refractivity contribution in [2.24, 2.45) is 5.92 Å². The summed E-state index contributed by atoms with van der Waals surface area (Å²) in [5, 5.41) is 10.9. The summed E-state index contributed by atoms with van der Waals surface area (Å²) in [5.74, 6) is -1.19. The molecule has 1 heterocycles. The first-order valence-electron chi connectivity index (χ1n) is 12.0. The maximum absolute atomic E-state index is 10.9. The van der Waals surface area contributed by atoms with Crippen LogP contribution in [-0.4, -0.2) is 10.7 Å². The Morgan fingerprint density at radius 1 is 1.43 bits per heavy atom.